The van der Waals surface area contributed by atoms with Gasteiger partial charge in [0, 0.05) is 0 Å². The third kappa shape index (κ3) is 3.94. The molecule has 0 aromatic rings. The lowest BCUT2D eigenvalue weighted by molar-refractivity contribution is 0.172. The van der Waals surface area contributed by atoms with Crippen molar-refractivity contribution in [3.05, 3.63) is 0 Å². The van der Waals surface area contributed by atoms with Crippen LogP contribution in [0.15, 0.2) is 0 Å². The average molecular weight is 223 g/mol. The number of hydrogen-bond donors (Lipinski definition) is 2. The normalized spacial score (nSPS) is 13.1. The van der Waals surface area contributed by atoms with Crippen LogP contribution >= 0.6 is 0 Å². The minimum atomic E-state index is -3.24. The van der Waals surface area contributed by atoms with E-state index < -0.39 is 15.6 Å². The molecule has 0 aliphatic heterocycles. The molecule has 0 saturated heterocycles. The zero-order chi connectivity index (χ0) is 11.2. The van der Waals surface area contributed by atoms with E-state index in [1.165, 1.54) is 0 Å². The fourth-order valence-electron chi connectivity index (χ4n) is 1.30. The van der Waals surface area contributed by atoms with Gasteiger partial charge in [0.25, 0.3) is 0 Å². The maximum absolute atomic E-state index is 11.5. The van der Waals surface area contributed by atoms with Crippen molar-refractivity contribution in [1.29, 1.82) is 0 Å². The Morgan fingerprint density at radius 1 is 1.21 bits per heavy atom. The molecule has 0 fully saturated rings. The van der Waals surface area contributed by atoms with Crippen LogP contribution in [-0.2, 0) is 10.0 Å². The van der Waals surface area contributed by atoms with Crippen LogP contribution in [0.25, 0.3) is 0 Å². The molecular weight excluding hydrogens is 202 g/mol. The van der Waals surface area contributed by atoms with Gasteiger partial charge in [0.2, 0.25) is 10.0 Å². The van der Waals surface area contributed by atoms with Gasteiger partial charge in [0.1, 0.15) is 0 Å². The molecule has 0 amide bonds. The molecule has 4 nitrogen and oxygen atoms in total. The second kappa shape index (κ2) is 5.68. The molecule has 0 aromatic heterocycles. The van der Waals surface area contributed by atoms with E-state index in [0.717, 1.165) is 0 Å². The highest BCUT2D eigenvalue weighted by Crippen LogP contribution is 2.15. The molecular formula is C9H21NO3S. The first-order valence-corrected chi connectivity index (χ1v) is 6.73. The predicted octanol–water partition coefficient (Wildman–Crippen LogP) is 0.867. The Labute approximate surface area is 86.8 Å². The van der Waals surface area contributed by atoms with Gasteiger partial charge in [-0.15, -0.1) is 0 Å². The van der Waals surface area contributed by atoms with Gasteiger partial charge in [-0.05, 0) is 19.3 Å². The van der Waals surface area contributed by atoms with E-state index in [0.29, 0.717) is 19.3 Å². The molecule has 0 spiro atoms. The number of aliphatic hydroxyl groups excluding tert-OH is 1. The molecule has 0 heterocycles. The SMILES string of the molecule is CCCS(=O)(=O)NC(CC)(CC)CO. The van der Waals surface area contributed by atoms with Gasteiger partial charge in [0.05, 0.1) is 17.9 Å². The van der Waals surface area contributed by atoms with Crippen LogP contribution in [0.1, 0.15) is 40.0 Å². The maximum Gasteiger partial charge on any atom is 0.212 e. The predicted molar refractivity (Wildman–Crippen MR) is 57.6 cm³/mol. The number of aliphatic hydroxyl groups is 1. The van der Waals surface area contributed by atoms with E-state index in [4.69, 9.17) is 0 Å². The molecule has 0 unspecified atom stereocenters. The van der Waals surface area contributed by atoms with Crippen LogP contribution in [0.4, 0.5) is 0 Å². The molecule has 86 valence electrons. The van der Waals surface area contributed by atoms with E-state index in [2.05, 4.69) is 4.72 Å². The third-order valence-corrected chi connectivity index (χ3v) is 4.19. The first kappa shape index (κ1) is 13.9. The Kier molecular flexibility index (Phi) is 5.63. The first-order chi connectivity index (χ1) is 6.45. The Morgan fingerprint density at radius 3 is 2.00 bits per heavy atom. The van der Waals surface area contributed by atoms with Crippen LogP contribution in [0.5, 0.6) is 0 Å². The van der Waals surface area contributed by atoms with Gasteiger partial charge in [-0.25, -0.2) is 13.1 Å². The quantitative estimate of drug-likeness (QED) is 0.673. The Morgan fingerprint density at radius 2 is 1.71 bits per heavy atom. The maximum atomic E-state index is 11.5. The molecule has 0 aliphatic rings. The summed E-state index contributed by atoms with van der Waals surface area (Å²) in [4.78, 5) is 0. The average Bonchev–Trinajstić information content (AvgIpc) is 2.14. The van der Waals surface area contributed by atoms with Crippen LogP contribution in [0.3, 0.4) is 0 Å². The summed E-state index contributed by atoms with van der Waals surface area (Å²) in [5.41, 5.74) is -0.673. The van der Waals surface area contributed by atoms with Gasteiger partial charge >= 0.3 is 0 Å². The zero-order valence-corrected chi connectivity index (χ0v) is 10.0. The van der Waals surface area contributed by atoms with Gasteiger partial charge in [0.15, 0.2) is 0 Å². The van der Waals surface area contributed by atoms with Crippen molar-refractivity contribution < 1.29 is 13.5 Å². The standard InChI is InChI=1S/C9H21NO3S/c1-4-7-14(12,13)10-9(5-2,6-3)8-11/h10-11H,4-8H2,1-3H3. The smallest absolute Gasteiger partial charge is 0.212 e. The Balaban J connectivity index is 4.59. The summed E-state index contributed by atoms with van der Waals surface area (Å²) >= 11 is 0. The third-order valence-electron chi connectivity index (χ3n) is 2.50. The van der Waals surface area contributed by atoms with E-state index in [9.17, 15) is 13.5 Å². The largest absolute Gasteiger partial charge is 0.394 e. The van der Waals surface area contributed by atoms with Gasteiger partial charge < -0.3 is 5.11 Å². The van der Waals surface area contributed by atoms with Crippen molar-refractivity contribution in [2.45, 2.75) is 45.6 Å². The lowest BCUT2D eigenvalue weighted by Gasteiger charge is -2.30. The van der Waals surface area contributed by atoms with Gasteiger partial charge in [-0.1, -0.05) is 20.8 Å². The molecule has 0 aliphatic carbocycles. The first-order valence-electron chi connectivity index (χ1n) is 5.07. The Bertz CT molecular complexity index is 237. The topological polar surface area (TPSA) is 66.4 Å². The van der Waals surface area contributed by atoms with Gasteiger partial charge in [-0.3, -0.25) is 0 Å². The minimum Gasteiger partial charge on any atom is -0.394 e. The molecule has 14 heavy (non-hydrogen) atoms. The molecule has 0 atom stereocenters. The van der Waals surface area contributed by atoms with Crippen LogP contribution < -0.4 is 4.72 Å². The summed E-state index contributed by atoms with van der Waals surface area (Å²) in [6.07, 6.45) is 1.79. The van der Waals surface area contributed by atoms with Crippen molar-refractivity contribution in [1.82, 2.24) is 4.72 Å². The highest BCUT2D eigenvalue weighted by atomic mass is 32.2. The number of nitrogens with one attached hydrogen (secondary N) is 1. The summed E-state index contributed by atoms with van der Waals surface area (Å²) in [6.45, 7) is 5.41. The molecule has 0 saturated carbocycles. The van der Waals surface area contributed by atoms with Crippen molar-refractivity contribution in [3.63, 3.8) is 0 Å². The lowest BCUT2D eigenvalue weighted by Crippen LogP contribution is -2.51. The van der Waals surface area contributed by atoms with E-state index in [1.54, 1.807) is 0 Å². The highest BCUT2D eigenvalue weighted by molar-refractivity contribution is 7.89. The van der Waals surface area contributed by atoms with Crippen LogP contribution in [-0.4, -0.2) is 31.4 Å². The number of sulfonamides is 1. The summed E-state index contributed by atoms with van der Waals surface area (Å²) in [7, 11) is -3.24. The van der Waals surface area contributed by atoms with Crippen molar-refractivity contribution in [3.8, 4) is 0 Å². The van der Waals surface area contributed by atoms with Crippen LogP contribution in [0.2, 0.25) is 0 Å². The highest BCUT2D eigenvalue weighted by Gasteiger charge is 2.29. The molecule has 2 N–H and O–H groups in total. The van der Waals surface area contributed by atoms with Crippen molar-refractivity contribution in [2.75, 3.05) is 12.4 Å². The van der Waals surface area contributed by atoms with Gasteiger partial charge in [-0.2, -0.15) is 0 Å². The zero-order valence-electron chi connectivity index (χ0n) is 9.21. The van der Waals surface area contributed by atoms with E-state index in [1.807, 2.05) is 20.8 Å². The molecule has 0 aromatic carbocycles. The molecule has 0 rings (SSSR count). The summed E-state index contributed by atoms with van der Waals surface area (Å²) in [5.74, 6) is 0.120. The fraction of sp³-hybridized carbons (Fsp3) is 1.00. The molecule has 0 bridgehead atoms. The number of rotatable bonds is 7. The summed E-state index contributed by atoms with van der Waals surface area (Å²) in [5, 5.41) is 9.18. The van der Waals surface area contributed by atoms with Crippen molar-refractivity contribution in [2.24, 2.45) is 0 Å². The summed E-state index contributed by atoms with van der Waals surface area (Å²) < 4.78 is 25.6. The van der Waals surface area contributed by atoms with E-state index >= 15 is 0 Å². The molecule has 5 heteroatoms. The van der Waals surface area contributed by atoms with Crippen LogP contribution in [0, 0.1) is 0 Å². The van der Waals surface area contributed by atoms with E-state index in [-0.39, 0.29) is 12.4 Å². The second-order valence-corrected chi connectivity index (χ2v) is 5.41. The fourth-order valence-corrected chi connectivity index (χ4v) is 2.95. The molecule has 0 radical (unpaired) electrons. The lowest BCUT2D eigenvalue weighted by atomic mass is 9.96. The monoisotopic (exact) mass is 223 g/mol. The minimum absolute atomic E-state index is 0.120. The Hall–Kier alpha value is -0.130. The summed E-state index contributed by atoms with van der Waals surface area (Å²) in [6, 6.07) is 0. The second-order valence-electron chi connectivity index (χ2n) is 3.57. The number of hydrogen-bond acceptors (Lipinski definition) is 3. The van der Waals surface area contributed by atoms with Crippen molar-refractivity contribution >= 4 is 10.0 Å².